The minimum Gasteiger partial charge on any atom is -0.480 e. The number of hydrogen-bond acceptors (Lipinski definition) is 5. The molecule has 1 N–H and O–H groups in total. The van der Waals surface area contributed by atoms with Gasteiger partial charge >= 0.3 is 5.97 Å². The third-order valence-electron chi connectivity index (χ3n) is 3.10. The normalized spacial score (nSPS) is 13.2. The van der Waals surface area contributed by atoms with Crippen LogP contribution < -0.4 is 0 Å². The molecule has 0 fully saturated rings. The molecule has 0 aliphatic heterocycles. The Hall–Kier alpha value is -1.87. The predicted octanol–water partition coefficient (Wildman–Crippen LogP) is 0.383. The third kappa shape index (κ3) is 3.24. The molecule has 0 aliphatic rings. The lowest BCUT2D eigenvalue weighted by atomic mass is 10.3. The lowest BCUT2D eigenvalue weighted by molar-refractivity contribution is -0.141. The molecule has 1 amide bonds. The number of aliphatic carboxylic acids is 1. The van der Waals surface area contributed by atoms with Crippen LogP contribution in [-0.2, 0) is 14.8 Å². The van der Waals surface area contributed by atoms with Crippen molar-refractivity contribution in [2.45, 2.75) is 24.8 Å². The average Bonchev–Trinajstić information content (AvgIpc) is 2.78. The van der Waals surface area contributed by atoms with Crippen molar-refractivity contribution in [3.63, 3.8) is 0 Å². The third-order valence-corrected chi connectivity index (χ3v) is 5.02. The summed E-state index contributed by atoms with van der Waals surface area (Å²) in [4.78, 5) is 23.8. The van der Waals surface area contributed by atoms with E-state index in [0.29, 0.717) is 0 Å². The summed E-state index contributed by atoms with van der Waals surface area (Å²) in [5.41, 5.74) is 0. The van der Waals surface area contributed by atoms with Crippen molar-refractivity contribution in [2.24, 2.45) is 0 Å². The van der Waals surface area contributed by atoms with Crippen LogP contribution in [0.1, 0.15) is 23.2 Å². The number of carboxylic acids is 1. The van der Waals surface area contributed by atoms with Crippen molar-refractivity contribution in [2.75, 3.05) is 21.1 Å². The number of sulfonamides is 1. The van der Waals surface area contributed by atoms with Crippen molar-refractivity contribution in [3.8, 4) is 0 Å². The number of rotatable bonds is 5. The summed E-state index contributed by atoms with van der Waals surface area (Å²) < 4.78 is 30.3. The first kappa shape index (κ1) is 17.2. The van der Waals surface area contributed by atoms with E-state index in [9.17, 15) is 18.0 Å². The molecule has 0 saturated carbocycles. The van der Waals surface area contributed by atoms with Gasteiger partial charge in [0.2, 0.25) is 10.0 Å². The Morgan fingerprint density at radius 3 is 2.24 bits per heavy atom. The van der Waals surface area contributed by atoms with Crippen LogP contribution >= 0.6 is 0 Å². The summed E-state index contributed by atoms with van der Waals surface area (Å²) >= 11 is 0. The summed E-state index contributed by atoms with van der Waals surface area (Å²) in [6.07, 6.45) is 0. The highest BCUT2D eigenvalue weighted by Gasteiger charge is 2.29. The molecule has 0 bridgehead atoms. The van der Waals surface area contributed by atoms with Crippen LogP contribution in [0.4, 0.5) is 0 Å². The monoisotopic (exact) mass is 318 g/mol. The summed E-state index contributed by atoms with van der Waals surface area (Å²) in [6, 6.07) is 0.0507. The number of furan rings is 1. The Kier molecular flexibility index (Phi) is 4.79. The standard InChI is InChI=1S/C12H18N2O6S/c1-7(12(16)17)14(5)11(15)9-6-10(8(2)20-9)21(18,19)13(3)4/h6-7H,1-5H3,(H,16,17). The van der Waals surface area contributed by atoms with Crippen molar-refractivity contribution in [1.29, 1.82) is 0 Å². The van der Waals surface area contributed by atoms with Gasteiger partial charge in [-0.3, -0.25) is 4.79 Å². The molecule has 118 valence electrons. The zero-order valence-electron chi connectivity index (χ0n) is 12.4. The van der Waals surface area contributed by atoms with Crippen molar-refractivity contribution < 1.29 is 27.5 Å². The molecule has 1 heterocycles. The van der Waals surface area contributed by atoms with E-state index in [0.717, 1.165) is 15.3 Å². The smallest absolute Gasteiger partial charge is 0.326 e. The number of nitrogens with zero attached hydrogens (tertiary/aromatic N) is 2. The van der Waals surface area contributed by atoms with E-state index in [2.05, 4.69) is 0 Å². The number of hydrogen-bond donors (Lipinski definition) is 1. The fourth-order valence-electron chi connectivity index (χ4n) is 1.54. The molecule has 1 aromatic rings. The average molecular weight is 318 g/mol. The van der Waals surface area contributed by atoms with E-state index >= 15 is 0 Å². The summed E-state index contributed by atoms with van der Waals surface area (Å²) in [5, 5.41) is 8.88. The van der Waals surface area contributed by atoms with E-state index < -0.39 is 27.9 Å². The summed E-state index contributed by atoms with van der Waals surface area (Å²) in [5.74, 6) is -2.02. The van der Waals surface area contributed by atoms with E-state index in [1.807, 2.05) is 0 Å². The zero-order valence-corrected chi connectivity index (χ0v) is 13.3. The number of amides is 1. The topological polar surface area (TPSA) is 108 Å². The van der Waals surface area contributed by atoms with Gasteiger partial charge in [0.15, 0.2) is 5.76 Å². The Morgan fingerprint density at radius 2 is 1.81 bits per heavy atom. The molecule has 21 heavy (non-hydrogen) atoms. The quantitative estimate of drug-likeness (QED) is 0.841. The first-order valence-corrected chi connectivity index (χ1v) is 7.47. The lowest BCUT2D eigenvalue weighted by Crippen LogP contribution is -2.40. The Morgan fingerprint density at radius 1 is 1.29 bits per heavy atom. The molecule has 1 atom stereocenters. The molecule has 1 rings (SSSR count). The van der Waals surface area contributed by atoms with Crippen LogP contribution in [-0.4, -0.2) is 61.8 Å². The zero-order chi connectivity index (χ0) is 16.5. The molecule has 8 nitrogen and oxygen atoms in total. The molecule has 1 aromatic heterocycles. The van der Waals surface area contributed by atoms with Gasteiger partial charge in [-0.2, -0.15) is 0 Å². The van der Waals surface area contributed by atoms with Gasteiger partial charge in [-0.05, 0) is 13.8 Å². The minimum atomic E-state index is -3.73. The molecular formula is C12H18N2O6S. The maximum atomic E-state index is 12.1. The predicted molar refractivity (Wildman–Crippen MR) is 73.5 cm³/mol. The van der Waals surface area contributed by atoms with Crippen LogP contribution in [0.3, 0.4) is 0 Å². The fraction of sp³-hybridized carbons (Fsp3) is 0.500. The van der Waals surface area contributed by atoms with E-state index in [1.165, 1.54) is 35.0 Å². The highest BCUT2D eigenvalue weighted by Crippen LogP contribution is 2.23. The van der Waals surface area contributed by atoms with Crippen LogP contribution in [0.15, 0.2) is 15.4 Å². The van der Waals surface area contributed by atoms with Gasteiger partial charge in [0.25, 0.3) is 5.91 Å². The Labute approximate surface area is 123 Å². The molecule has 9 heteroatoms. The maximum Gasteiger partial charge on any atom is 0.326 e. The maximum absolute atomic E-state index is 12.1. The second-order valence-electron chi connectivity index (χ2n) is 4.75. The Balaban J connectivity index is 3.19. The number of likely N-dealkylation sites (N-methyl/N-ethyl adjacent to an activating group) is 1. The van der Waals surface area contributed by atoms with Crippen molar-refractivity contribution >= 4 is 21.9 Å². The number of carbonyl (C=O) groups is 2. The van der Waals surface area contributed by atoms with Gasteiger partial charge in [0.05, 0.1) is 0 Å². The minimum absolute atomic E-state index is 0.0726. The van der Waals surface area contributed by atoms with Gasteiger partial charge in [0.1, 0.15) is 16.7 Å². The molecular weight excluding hydrogens is 300 g/mol. The van der Waals surface area contributed by atoms with Gasteiger partial charge in [-0.1, -0.05) is 0 Å². The fourth-order valence-corrected chi connectivity index (χ4v) is 2.59. The SMILES string of the molecule is Cc1oc(C(=O)N(C)C(C)C(=O)O)cc1S(=O)(=O)N(C)C. The van der Waals surface area contributed by atoms with E-state index in [-0.39, 0.29) is 16.4 Å². The molecule has 0 radical (unpaired) electrons. The largest absolute Gasteiger partial charge is 0.480 e. The van der Waals surface area contributed by atoms with Gasteiger partial charge in [-0.25, -0.2) is 17.5 Å². The van der Waals surface area contributed by atoms with Gasteiger partial charge in [0, 0.05) is 27.2 Å². The van der Waals surface area contributed by atoms with Gasteiger partial charge in [-0.15, -0.1) is 0 Å². The number of carboxylic acid groups (broad SMARTS) is 1. The van der Waals surface area contributed by atoms with Gasteiger partial charge < -0.3 is 14.4 Å². The van der Waals surface area contributed by atoms with Crippen LogP contribution in [0.2, 0.25) is 0 Å². The van der Waals surface area contributed by atoms with Crippen molar-refractivity contribution in [1.82, 2.24) is 9.21 Å². The Bertz CT molecular complexity index is 661. The van der Waals surface area contributed by atoms with E-state index in [4.69, 9.17) is 9.52 Å². The number of carbonyl (C=O) groups excluding carboxylic acids is 1. The number of aryl methyl sites for hydroxylation is 1. The highest BCUT2D eigenvalue weighted by atomic mass is 32.2. The first-order chi connectivity index (χ1) is 9.50. The summed E-state index contributed by atoms with van der Waals surface area (Å²) in [6.45, 7) is 2.77. The van der Waals surface area contributed by atoms with E-state index in [1.54, 1.807) is 0 Å². The highest BCUT2D eigenvalue weighted by molar-refractivity contribution is 7.89. The molecule has 0 aromatic carbocycles. The van der Waals surface area contributed by atoms with Crippen LogP contribution in [0.5, 0.6) is 0 Å². The molecule has 0 spiro atoms. The molecule has 0 saturated heterocycles. The molecule has 1 unspecified atom stereocenters. The first-order valence-electron chi connectivity index (χ1n) is 6.03. The second-order valence-corrected chi connectivity index (χ2v) is 6.87. The molecule has 0 aliphatic carbocycles. The van der Waals surface area contributed by atoms with Crippen LogP contribution in [0.25, 0.3) is 0 Å². The summed E-state index contributed by atoms with van der Waals surface area (Å²) in [7, 11) is 0.301. The van der Waals surface area contributed by atoms with Crippen LogP contribution in [0, 0.1) is 6.92 Å². The lowest BCUT2D eigenvalue weighted by Gasteiger charge is -2.19. The second kappa shape index (κ2) is 5.86. The van der Waals surface area contributed by atoms with Crippen molar-refractivity contribution in [3.05, 3.63) is 17.6 Å².